The smallest absolute Gasteiger partial charge is 0.471 e. The summed E-state index contributed by atoms with van der Waals surface area (Å²) in [6, 6.07) is 12.6. The molecule has 2 heterocycles. The quantitative estimate of drug-likeness (QED) is 0.570. The largest absolute Gasteiger partial charge is 0.497 e. The molecule has 8 nitrogen and oxygen atoms in total. The number of anilines is 1. The van der Waals surface area contributed by atoms with E-state index in [4.69, 9.17) is 4.74 Å². The molecule has 1 N–H and O–H groups in total. The molecule has 3 atom stereocenters. The zero-order valence-corrected chi connectivity index (χ0v) is 21.8. The second-order valence-corrected chi connectivity index (χ2v) is 10.3. The fraction of sp³-hybridized carbons (Fsp3) is 0.429. The van der Waals surface area contributed by atoms with Crippen LogP contribution in [-0.4, -0.2) is 59.4 Å². The van der Waals surface area contributed by atoms with Crippen LogP contribution in [0.3, 0.4) is 0 Å². The summed E-state index contributed by atoms with van der Waals surface area (Å²) in [4.78, 5) is 41.6. The molecular weight excluding hydrogens is 513 g/mol. The number of carbonyl (C=O) groups excluding carboxylic acids is 3. The van der Waals surface area contributed by atoms with Crippen LogP contribution in [-0.2, 0) is 26.3 Å². The average molecular weight is 543 g/mol. The molecule has 39 heavy (non-hydrogen) atoms. The number of alkyl halides is 3. The highest BCUT2D eigenvalue weighted by atomic mass is 19.4. The molecule has 0 aromatic heterocycles. The number of hydrogen-bond acceptors (Lipinski definition) is 5. The Kier molecular flexibility index (Phi) is 7.59. The van der Waals surface area contributed by atoms with Crippen LogP contribution in [0.15, 0.2) is 48.5 Å². The molecule has 0 radical (unpaired) electrons. The number of halogens is 3. The monoisotopic (exact) mass is 542 g/mol. The molecule has 1 unspecified atom stereocenters. The van der Waals surface area contributed by atoms with Crippen LogP contribution >= 0.6 is 0 Å². The van der Waals surface area contributed by atoms with Crippen molar-refractivity contribution in [2.45, 2.75) is 56.9 Å². The Morgan fingerprint density at radius 3 is 2.46 bits per heavy atom. The molecule has 2 aliphatic rings. The fourth-order valence-corrected chi connectivity index (χ4v) is 5.40. The van der Waals surface area contributed by atoms with Crippen molar-refractivity contribution in [2.75, 3.05) is 19.0 Å². The van der Waals surface area contributed by atoms with Crippen molar-refractivity contribution in [1.82, 2.24) is 9.80 Å². The number of rotatable bonds is 7. The summed E-state index contributed by atoms with van der Waals surface area (Å²) in [5, 5.41) is 12.7. The number of methoxy groups -OCH3 is 1. The van der Waals surface area contributed by atoms with E-state index in [2.05, 4.69) is 11.4 Å². The predicted octanol–water partition coefficient (Wildman–Crippen LogP) is 4.02. The van der Waals surface area contributed by atoms with Crippen LogP contribution in [0.1, 0.15) is 37.8 Å². The van der Waals surface area contributed by atoms with Crippen molar-refractivity contribution in [2.24, 2.45) is 5.92 Å². The molecule has 2 aromatic rings. The van der Waals surface area contributed by atoms with E-state index in [1.54, 1.807) is 50.2 Å². The Labute approximate surface area is 224 Å². The van der Waals surface area contributed by atoms with E-state index in [0.29, 0.717) is 27.5 Å². The molecule has 1 fully saturated rings. The Morgan fingerprint density at radius 1 is 1.21 bits per heavy atom. The van der Waals surface area contributed by atoms with Crippen molar-refractivity contribution in [3.63, 3.8) is 0 Å². The number of carbonyl (C=O) groups is 3. The second kappa shape index (κ2) is 10.6. The van der Waals surface area contributed by atoms with Gasteiger partial charge in [0.2, 0.25) is 11.8 Å². The lowest BCUT2D eigenvalue weighted by atomic mass is 9.80. The number of benzene rings is 2. The summed E-state index contributed by atoms with van der Waals surface area (Å²) < 4.78 is 46.6. The minimum absolute atomic E-state index is 0.00180. The zero-order valence-electron chi connectivity index (χ0n) is 21.8. The van der Waals surface area contributed by atoms with E-state index in [-0.39, 0.29) is 31.2 Å². The lowest BCUT2D eigenvalue weighted by Gasteiger charge is -2.36. The molecule has 2 aromatic carbocycles. The van der Waals surface area contributed by atoms with E-state index in [0.717, 1.165) is 0 Å². The standard InChI is InChI=1S/C28H29F3N4O4/c1-17(2)12-23(34(26(38)28(29,30)31)15-18-8-10-20(39-3)11-9-18)24(36)35-16-27(13-19(35)14-32)21-6-4-5-7-22(21)33-25(27)37/h4-11,17,19,23H,12-13,15-16H2,1-3H3,(H,33,37)/t19-,23?,27-/m0/s1. The van der Waals surface area contributed by atoms with Gasteiger partial charge in [-0.2, -0.15) is 18.4 Å². The number of para-hydroxylation sites is 1. The molecule has 2 aliphatic heterocycles. The van der Waals surface area contributed by atoms with Crippen LogP contribution in [0.2, 0.25) is 0 Å². The molecule has 1 spiro atoms. The number of fused-ring (bicyclic) bond motifs is 2. The highest BCUT2D eigenvalue weighted by Gasteiger charge is 2.57. The molecule has 206 valence electrons. The predicted molar refractivity (Wildman–Crippen MR) is 135 cm³/mol. The lowest BCUT2D eigenvalue weighted by Crippen LogP contribution is -2.55. The van der Waals surface area contributed by atoms with E-state index < -0.39 is 42.0 Å². The van der Waals surface area contributed by atoms with Gasteiger partial charge in [0, 0.05) is 25.2 Å². The summed E-state index contributed by atoms with van der Waals surface area (Å²) in [7, 11) is 1.45. The van der Waals surface area contributed by atoms with Crippen LogP contribution in [0.25, 0.3) is 0 Å². The van der Waals surface area contributed by atoms with Gasteiger partial charge in [-0.1, -0.05) is 44.2 Å². The van der Waals surface area contributed by atoms with Gasteiger partial charge < -0.3 is 19.9 Å². The number of nitriles is 1. The van der Waals surface area contributed by atoms with Gasteiger partial charge in [-0.3, -0.25) is 14.4 Å². The maximum Gasteiger partial charge on any atom is 0.471 e. The Hall–Kier alpha value is -4.07. The van der Waals surface area contributed by atoms with Crippen molar-refractivity contribution in [3.05, 3.63) is 59.7 Å². The first kappa shape index (κ1) is 28.0. The fourth-order valence-electron chi connectivity index (χ4n) is 5.40. The van der Waals surface area contributed by atoms with Crippen LogP contribution in [0, 0.1) is 17.2 Å². The van der Waals surface area contributed by atoms with Gasteiger partial charge in [-0.15, -0.1) is 0 Å². The maximum atomic E-state index is 14.0. The molecule has 3 amide bonds. The number of amides is 3. The number of hydrogen-bond donors (Lipinski definition) is 1. The van der Waals surface area contributed by atoms with Crippen molar-refractivity contribution >= 4 is 23.4 Å². The van der Waals surface area contributed by atoms with Gasteiger partial charge in [0.05, 0.1) is 18.6 Å². The third kappa shape index (κ3) is 5.28. The number of nitrogens with zero attached hydrogens (tertiary/aromatic N) is 3. The van der Waals surface area contributed by atoms with Gasteiger partial charge >= 0.3 is 12.1 Å². The molecular formula is C28H29F3N4O4. The minimum Gasteiger partial charge on any atom is -0.497 e. The molecule has 0 bridgehead atoms. The van der Waals surface area contributed by atoms with E-state index in [1.165, 1.54) is 24.1 Å². The second-order valence-electron chi connectivity index (χ2n) is 10.3. The first-order valence-corrected chi connectivity index (χ1v) is 12.5. The minimum atomic E-state index is -5.23. The number of likely N-dealkylation sites (tertiary alicyclic amines) is 1. The molecule has 11 heteroatoms. The van der Waals surface area contributed by atoms with Crippen LogP contribution in [0.5, 0.6) is 5.75 Å². The normalized spacial score (nSPS) is 20.9. The highest BCUT2D eigenvalue weighted by Crippen LogP contribution is 2.46. The zero-order chi connectivity index (χ0) is 28.5. The van der Waals surface area contributed by atoms with E-state index in [1.807, 2.05) is 0 Å². The van der Waals surface area contributed by atoms with Gasteiger partial charge in [-0.25, -0.2) is 0 Å². The van der Waals surface area contributed by atoms with E-state index >= 15 is 0 Å². The summed E-state index contributed by atoms with van der Waals surface area (Å²) in [6.07, 6.45) is -5.30. The topological polar surface area (TPSA) is 103 Å². The summed E-state index contributed by atoms with van der Waals surface area (Å²) >= 11 is 0. The molecule has 1 saturated heterocycles. The molecule has 4 rings (SSSR count). The summed E-state index contributed by atoms with van der Waals surface area (Å²) in [5.41, 5.74) is 0.367. The van der Waals surface area contributed by atoms with Gasteiger partial charge in [-0.05, 0) is 41.7 Å². The number of ether oxygens (including phenoxy) is 1. The van der Waals surface area contributed by atoms with Crippen molar-refractivity contribution in [1.29, 1.82) is 5.26 Å². The van der Waals surface area contributed by atoms with Gasteiger partial charge in [0.25, 0.3) is 0 Å². The van der Waals surface area contributed by atoms with Gasteiger partial charge in [0.15, 0.2) is 0 Å². The third-order valence-corrected chi connectivity index (χ3v) is 7.29. The Morgan fingerprint density at radius 2 is 1.87 bits per heavy atom. The SMILES string of the molecule is COc1ccc(CN(C(=O)C(F)(F)F)C(CC(C)C)C(=O)N2C[C@]3(C[C@H]2C#N)C(=O)Nc2ccccc23)cc1. The maximum absolute atomic E-state index is 14.0. The number of nitrogens with one attached hydrogen (secondary N) is 1. The summed E-state index contributed by atoms with van der Waals surface area (Å²) in [6.45, 7) is 2.80. The summed E-state index contributed by atoms with van der Waals surface area (Å²) in [5.74, 6) is -3.09. The van der Waals surface area contributed by atoms with Crippen molar-refractivity contribution < 1.29 is 32.3 Å². The highest BCUT2D eigenvalue weighted by molar-refractivity contribution is 6.07. The van der Waals surface area contributed by atoms with Crippen LogP contribution < -0.4 is 10.1 Å². The molecule has 0 aliphatic carbocycles. The molecule has 0 saturated carbocycles. The Bertz CT molecular complexity index is 1310. The van der Waals surface area contributed by atoms with Gasteiger partial charge in [0.1, 0.15) is 17.8 Å². The Balaban J connectivity index is 1.72. The average Bonchev–Trinajstić information content (AvgIpc) is 3.43. The third-order valence-electron chi connectivity index (χ3n) is 7.29. The van der Waals surface area contributed by atoms with Crippen molar-refractivity contribution in [3.8, 4) is 11.8 Å². The first-order chi connectivity index (χ1) is 18.4. The van der Waals surface area contributed by atoms with E-state index in [9.17, 15) is 32.8 Å². The lowest BCUT2D eigenvalue weighted by molar-refractivity contribution is -0.190. The first-order valence-electron chi connectivity index (χ1n) is 12.5. The van der Waals surface area contributed by atoms with Crippen LogP contribution in [0.4, 0.5) is 18.9 Å².